The van der Waals surface area contributed by atoms with Crippen LogP contribution in [0.1, 0.15) is 100 Å². The molecule has 0 bridgehead atoms. The Kier molecular flexibility index (Phi) is 12.2. The number of hydrogen-bond acceptors (Lipinski definition) is 2. The van der Waals surface area contributed by atoms with Gasteiger partial charge < -0.3 is 10.2 Å². The third-order valence-electron chi connectivity index (χ3n) is 6.25. The van der Waals surface area contributed by atoms with Gasteiger partial charge in [-0.15, -0.1) is 0 Å². The van der Waals surface area contributed by atoms with Gasteiger partial charge in [0.1, 0.15) is 0 Å². The topological polar surface area (TPSA) is 74.6 Å². The second-order valence-electron chi connectivity index (χ2n) is 8.79. The van der Waals surface area contributed by atoms with Crippen LogP contribution in [-0.2, 0) is 9.59 Å². The molecule has 0 aromatic heterocycles. The van der Waals surface area contributed by atoms with Crippen molar-refractivity contribution in [1.29, 1.82) is 0 Å². The molecule has 4 nitrogen and oxygen atoms in total. The van der Waals surface area contributed by atoms with E-state index in [9.17, 15) is 9.59 Å². The first-order valence-electron chi connectivity index (χ1n) is 12.1. The van der Waals surface area contributed by atoms with E-state index in [1.54, 1.807) is 0 Å². The molecule has 0 aliphatic carbocycles. The number of hydrogen-bond donors (Lipinski definition) is 2. The molecule has 2 aromatic rings. The average Bonchev–Trinajstić information content (AvgIpc) is 2.79. The van der Waals surface area contributed by atoms with Crippen LogP contribution in [-0.4, -0.2) is 22.2 Å². The fourth-order valence-electron chi connectivity index (χ4n) is 4.50. The van der Waals surface area contributed by atoms with Gasteiger partial charge in [-0.3, -0.25) is 9.59 Å². The summed E-state index contributed by atoms with van der Waals surface area (Å²) in [5.41, 5.74) is 2.75. The second-order valence-corrected chi connectivity index (χ2v) is 8.79. The van der Waals surface area contributed by atoms with Gasteiger partial charge in [0.25, 0.3) is 0 Å². The lowest BCUT2D eigenvalue weighted by atomic mass is 9.80. The van der Waals surface area contributed by atoms with Gasteiger partial charge in [0.15, 0.2) is 0 Å². The molecule has 0 amide bonds. The quantitative estimate of drug-likeness (QED) is 0.252. The molecular weight excluding hydrogens is 400 g/mol. The molecule has 2 unspecified atom stereocenters. The summed E-state index contributed by atoms with van der Waals surface area (Å²) in [6.07, 6.45) is 10.4. The van der Waals surface area contributed by atoms with Crippen LogP contribution in [0.5, 0.6) is 0 Å². The van der Waals surface area contributed by atoms with Gasteiger partial charge in [-0.2, -0.15) is 0 Å². The minimum atomic E-state index is -0.711. The lowest BCUT2D eigenvalue weighted by Gasteiger charge is -2.25. The monoisotopic (exact) mass is 438 g/mol. The molecule has 4 heteroatoms. The van der Waals surface area contributed by atoms with E-state index in [0.717, 1.165) is 64.2 Å². The summed E-state index contributed by atoms with van der Waals surface area (Å²) in [7, 11) is 0. The van der Waals surface area contributed by atoms with Gasteiger partial charge in [0.2, 0.25) is 0 Å². The first kappa shape index (κ1) is 25.6. The molecule has 0 saturated heterocycles. The largest absolute Gasteiger partial charge is 0.481 e. The van der Waals surface area contributed by atoms with E-state index >= 15 is 0 Å². The van der Waals surface area contributed by atoms with Crippen molar-refractivity contribution in [2.24, 2.45) is 0 Å². The molecule has 2 N–H and O–H groups in total. The molecule has 0 heterocycles. The molecule has 0 saturated carbocycles. The standard InChI is InChI=1S/C28H38O4/c29-27(30)20-12-2-1-6-18-25(23-14-7-3-8-15-23)22-26(24-16-9-4-10-17-24)19-11-5-13-21-28(31)32/h3-4,7-10,14-17,25-26H,1-2,5-6,11-13,18-22H2,(H,29,30)(H,31,32). The van der Waals surface area contributed by atoms with Crippen LogP contribution in [0.2, 0.25) is 0 Å². The van der Waals surface area contributed by atoms with Crippen LogP contribution in [0.4, 0.5) is 0 Å². The fraction of sp³-hybridized carbons (Fsp3) is 0.500. The second kappa shape index (κ2) is 15.2. The summed E-state index contributed by atoms with van der Waals surface area (Å²) < 4.78 is 0. The van der Waals surface area contributed by atoms with Crippen LogP contribution < -0.4 is 0 Å². The summed E-state index contributed by atoms with van der Waals surface area (Å²) in [4.78, 5) is 21.5. The van der Waals surface area contributed by atoms with Crippen molar-refractivity contribution in [3.63, 3.8) is 0 Å². The van der Waals surface area contributed by atoms with E-state index in [0.29, 0.717) is 11.8 Å². The van der Waals surface area contributed by atoms with Gasteiger partial charge in [0, 0.05) is 12.8 Å². The predicted octanol–water partition coefficient (Wildman–Crippen LogP) is 7.40. The molecule has 0 spiro atoms. The van der Waals surface area contributed by atoms with Crippen molar-refractivity contribution in [2.45, 2.75) is 88.9 Å². The number of aliphatic carboxylic acids is 2. The number of carboxylic acids is 2. The zero-order chi connectivity index (χ0) is 23.0. The van der Waals surface area contributed by atoms with Crippen LogP contribution in [0, 0.1) is 0 Å². The first-order chi connectivity index (χ1) is 15.6. The molecule has 0 aliphatic rings. The first-order valence-corrected chi connectivity index (χ1v) is 12.1. The fourth-order valence-corrected chi connectivity index (χ4v) is 4.50. The SMILES string of the molecule is O=C(O)CCCCCCC(CC(CCCCCC(=O)O)c1ccccc1)c1ccccc1. The lowest BCUT2D eigenvalue weighted by Crippen LogP contribution is -2.08. The Hall–Kier alpha value is -2.62. The molecule has 32 heavy (non-hydrogen) atoms. The van der Waals surface area contributed by atoms with Crippen LogP contribution in [0.3, 0.4) is 0 Å². The number of unbranched alkanes of at least 4 members (excludes halogenated alkanes) is 5. The predicted molar refractivity (Wildman–Crippen MR) is 129 cm³/mol. The van der Waals surface area contributed by atoms with Crippen LogP contribution >= 0.6 is 0 Å². The maximum Gasteiger partial charge on any atom is 0.303 e. The van der Waals surface area contributed by atoms with Gasteiger partial charge in [-0.05, 0) is 55.1 Å². The third-order valence-corrected chi connectivity index (χ3v) is 6.25. The maximum atomic E-state index is 10.8. The van der Waals surface area contributed by atoms with Gasteiger partial charge in [-0.1, -0.05) is 92.8 Å². The summed E-state index contributed by atoms with van der Waals surface area (Å²) in [5.74, 6) is -0.489. The van der Waals surface area contributed by atoms with Crippen molar-refractivity contribution >= 4 is 11.9 Å². The smallest absolute Gasteiger partial charge is 0.303 e. The molecule has 2 rings (SSSR count). The summed E-state index contributed by atoms with van der Waals surface area (Å²) in [5, 5.41) is 17.7. The molecule has 0 aliphatic heterocycles. The zero-order valence-corrected chi connectivity index (χ0v) is 19.1. The highest BCUT2D eigenvalue weighted by molar-refractivity contribution is 5.66. The number of benzene rings is 2. The Morgan fingerprint density at radius 1 is 0.562 bits per heavy atom. The minimum absolute atomic E-state index is 0.254. The minimum Gasteiger partial charge on any atom is -0.481 e. The highest BCUT2D eigenvalue weighted by Crippen LogP contribution is 2.36. The van der Waals surface area contributed by atoms with Gasteiger partial charge in [-0.25, -0.2) is 0 Å². The van der Waals surface area contributed by atoms with Crippen LogP contribution in [0.15, 0.2) is 60.7 Å². The number of carboxylic acid groups (broad SMARTS) is 2. The third kappa shape index (κ3) is 10.6. The Labute approximate surface area is 192 Å². The summed E-state index contributed by atoms with van der Waals surface area (Å²) in [6, 6.07) is 21.4. The van der Waals surface area contributed by atoms with Gasteiger partial charge >= 0.3 is 11.9 Å². The molecule has 0 fully saturated rings. The molecular formula is C28H38O4. The maximum absolute atomic E-state index is 10.8. The van der Waals surface area contributed by atoms with E-state index in [1.165, 1.54) is 11.1 Å². The van der Waals surface area contributed by atoms with E-state index in [1.807, 2.05) is 0 Å². The molecule has 2 aromatic carbocycles. The molecule has 2 atom stereocenters. The molecule has 174 valence electrons. The van der Waals surface area contributed by atoms with Gasteiger partial charge in [0.05, 0.1) is 0 Å². The highest BCUT2D eigenvalue weighted by Gasteiger charge is 2.19. The number of carbonyl (C=O) groups is 2. The van der Waals surface area contributed by atoms with Crippen molar-refractivity contribution in [3.8, 4) is 0 Å². The van der Waals surface area contributed by atoms with Crippen molar-refractivity contribution in [1.82, 2.24) is 0 Å². The number of rotatable bonds is 17. The van der Waals surface area contributed by atoms with Crippen molar-refractivity contribution in [2.75, 3.05) is 0 Å². The van der Waals surface area contributed by atoms with E-state index in [-0.39, 0.29) is 12.8 Å². The van der Waals surface area contributed by atoms with E-state index < -0.39 is 11.9 Å². The van der Waals surface area contributed by atoms with Crippen LogP contribution in [0.25, 0.3) is 0 Å². The van der Waals surface area contributed by atoms with E-state index in [4.69, 9.17) is 10.2 Å². The summed E-state index contributed by atoms with van der Waals surface area (Å²) in [6.45, 7) is 0. The normalized spacial score (nSPS) is 12.9. The van der Waals surface area contributed by atoms with Crippen molar-refractivity contribution < 1.29 is 19.8 Å². The summed E-state index contributed by atoms with van der Waals surface area (Å²) >= 11 is 0. The van der Waals surface area contributed by atoms with E-state index in [2.05, 4.69) is 60.7 Å². The zero-order valence-electron chi connectivity index (χ0n) is 19.1. The lowest BCUT2D eigenvalue weighted by molar-refractivity contribution is -0.138. The average molecular weight is 439 g/mol. The Morgan fingerprint density at radius 2 is 0.938 bits per heavy atom. The van der Waals surface area contributed by atoms with Crippen molar-refractivity contribution in [3.05, 3.63) is 71.8 Å². The Morgan fingerprint density at radius 3 is 1.34 bits per heavy atom. The Balaban J connectivity index is 1.98. The molecule has 0 radical (unpaired) electrons. The Bertz CT molecular complexity index is 773. The highest BCUT2D eigenvalue weighted by atomic mass is 16.4.